The third kappa shape index (κ3) is 4.83. The Morgan fingerprint density at radius 2 is 1.86 bits per heavy atom. The molecule has 0 saturated heterocycles. The SMILES string of the molecule is COC(=O)c1cccc(Nc2ccc(C(=O)NCc3ccccc3Cl)nn2)c1. The van der Waals surface area contributed by atoms with E-state index in [2.05, 4.69) is 20.8 Å². The van der Waals surface area contributed by atoms with Crippen molar-refractivity contribution in [3.8, 4) is 0 Å². The molecule has 0 fully saturated rings. The molecule has 28 heavy (non-hydrogen) atoms. The molecule has 0 aliphatic carbocycles. The van der Waals surface area contributed by atoms with E-state index in [4.69, 9.17) is 16.3 Å². The van der Waals surface area contributed by atoms with Crippen LogP contribution in [0.3, 0.4) is 0 Å². The van der Waals surface area contributed by atoms with E-state index in [1.807, 2.05) is 18.2 Å². The van der Waals surface area contributed by atoms with E-state index in [0.29, 0.717) is 28.6 Å². The summed E-state index contributed by atoms with van der Waals surface area (Å²) in [4.78, 5) is 23.8. The maximum Gasteiger partial charge on any atom is 0.337 e. The molecule has 0 bridgehead atoms. The van der Waals surface area contributed by atoms with Gasteiger partial charge in [0.15, 0.2) is 11.5 Å². The van der Waals surface area contributed by atoms with Gasteiger partial charge in [-0.3, -0.25) is 4.79 Å². The molecule has 3 rings (SSSR count). The summed E-state index contributed by atoms with van der Waals surface area (Å²) < 4.78 is 4.70. The molecule has 8 heteroatoms. The number of esters is 1. The molecule has 2 aromatic carbocycles. The Morgan fingerprint density at radius 1 is 1.04 bits per heavy atom. The monoisotopic (exact) mass is 396 g/mol. The molecular weight excluding hydrogens is 380 g/mol. The first-order chi connectivity index (χ1) is 13.6. The molecule has 0 spiro atoms. The number of rotatable bonds is 6. The van der Waals surface area contributed by atoms with Crippen LogP contribution >= 0.6 is 11.6 Å². The number of nitrogens with one attached hydrogen (secondary N) is 2. The second-order valence-corrected chi connectivity index (χ2v) is 6.18. The van der Waals surface area contributed by atoms with Gasteiger partial charge in [0.25, 0.3) is 5.91 Å². The van der Waals surface area contributed by atoms with Crippen LogP contribution < -0.4 is 10.6 Å². The Balaban J connectivity index is 1.62. The van der Waals surface area contributed by atoms with Gasteiger partial charge in [0.1, 0.15) is 0 Å². The van der Waals surface area contributed by atoms with Crippen molar-refractivity contribution < 1.29 is 14.3 Å². The number of amides is 1. The van der Waals surface area contributed by atoms with Crippen molar-refractivity contribution in [1.82, 2.24) is 15.5 Å². The van der Waals surface area contributed by atoms with Crippen LogP contribution in [0.2, 0.25) is 5.02 Å². The predicted molar refractivity (Wildman–Crippen MR) is 106 cm³/mol. The molecule has 1 heterocycles. The van der Waals surface area contributed by atoms with E-state index in [-0.39, 0.29) is 11.6 Å². The number of hydrogen-bond donors (Lipinski definition) is 2. The Hall–Kier alpha value is -3.45. The minimum atomic E-state index is -0.430. The van der Waals surface area contributed by atoms with Gasteiger partial charge in [-0.05, 0) is 42.0 Å². The second-order valence-electron chi connectivity index (χ2n) is 5.78. The molecule has 0 unspecified atom stereocenters. The van der Waals surface area contributed by atoms with Gasteiger partial charge in [0.2, 0.25) is 0 Å². The first-order valence-corrected chi connectivity index (χ1v) is 8.75. The lowest BCUT2D eigenvalue weighted by molar-refractivity contribution is 0.0600. The van der Waals surface area contributed by atoms with Crippen LogP contribution in [-0.2, 0) is 11.3 Å². The van der Waals surface area contributed by atoms with E-state index in [9.17, 15) is 9.59 Å². The van der Waals surface area contributed by atoms with E-state index in [1.165, 1.54) is 7.11 Å². The molecule has 3 aromatic rings. The second kappa shape index (κ2) is 8.96. The molecule has 7 nitrogen and oxygen atoms in total. The van der Waals surface area contributed by atoms with Crippen LogP contribution in [0.1, 0.15) is 26.4 Å². The van der Waals surface area contributed by atoms with Crippen molar-refractivity contribution >= 4 is 35.0 Å². The molecule has 0 atom stereocenters. The first-order valence-electron chi connectivity index (χ1n) is 8.37. The summed E-state index contributed by atoms with van der Waals surface area (Å²) in [6.45, 7) is 0.292. The number of halogens is 1. The topological polar surface area (TPSA) is 93.2 Å². The highest BCUT2D eigenvalue weighted by atomic mass is 35.5. The number of methoxy groups -OCH3 is 1. The Kier molecular flexibility index (Phi) is 6.18. The number of aromatic nitrogens is 2. The highest BCUT2D eigenvalue weighted by molar-refractivity contribution is 6.31. The third-order valence-electron chi connectivity index (χ3n) is 3.85. The van der Waals surface area contributed by atoms with Crippen LogP contribution in [-0.4, -0.2) is 29.2 Å². The number of benzene rings is 2. The summed E-state index contributed by atoms with van der Waals surface area (Å²) in [6, 6.07) is 17.2. The highest BCUT2D eigenvalue weighted by Gasteiger charge is 2.10. The summed E-state index contributed by atoms with van der Waals surface area (Å²) >= 11 is 6.07. The van der Waals surface area contributed by atoms with Gasteiger partial charge >= 0.3 is 5.97 Å². The maximum absolute atomic E-state index is 12.2. The lowest BCUT2D eigenvalue weighted by atomic mass is 10.2. The van der Waals surface area contributed by atoms with Crippen LogP contribution in [0.15, 0.2) is 60.7 Å². The summed E-state index contributed by atoms with van der Waals surface area (Å²) in [5, 5.41) is 14.3. The summed E-state index contributed by atoms with van der Waals surface area (Å²) in [5.41, 5.74) is 2.05. The molecule has 0 aliphatic rings. The average Bonchev–Trinajstić information content (AvgIpc) is 2.73. The first kappa shape index (κ1) is 19.3. The molecule has 1 aromatic heterocycles. The van der Waals surface area contributed by atoms with Crippen LogP contribution in [0.4, 0.5) is 11.5 Å². The van der Waals surface area contributed by atoms with Crippen molar-refractivity contribution in [2.75, 3.05) is 12.4 Å². The van der Waals surface area contributed by atoms with Gasteiger partial charge in [-0.1, -0.05) is 35.9 Å². The third-order valence-corrected chi connectivity index (χ3v) is 4.22. The molecule has 2 N–H and O–H groups in total. The quantitative estimate of drug-likeness (QED) is 0.618. The summed E-state index contributed by atoms with van der Waals surface area (Å²) in [5.74, 6) is -0.350. The minimum absolute atomic E-state index is 0.181. The van der Waals surface area contributed by atoms with E-state index >= 15 is 0 Å². The lowest BCUT2D eigenvalue weighted by Crippen LogP contribution is -2.24. The molecule has 1 amide bonds. The molecule has 0 saturated carbocycles. The van der Waals surface area contributed by atoms with Crippen molar-refractivity contribution in [2.45, 2.75) is 6.54 Å². The fraction of sp³-hybridized carbons (Fsp3) is 0.100. The van der Waals surface area contributed by atoms with Gasteiger partial charge in [0.05, 0.1) is 12.7 Å². The zero-order valence-corrected chi connectivity index (χ0v) is 15.7. The average molecular weight is 397 g/mol. The Bertz CT molecular complexity index is 993. The molecule has 0 radical (unpaired) electrons. The number of ether oxygens (including phenoxy) is 1. The van der Waals surface area contributed by atoms with Crippen LogP contribution in [0.25, 0.3) is 0 Å². The van der Waals surface area contributed by atoms with Crippen molar-refractivity contribution in [2.24, 2.45) is 0 Å². The Labute approximate surface area is 166 Å². The molecular formula is C20H17ClN4O3. The van der Waals surface area contributed by atoms with E-state index in [0.717, 1.165) is 5.56 Å². The number of anilines is 2. The number of nitrogens with zero attached hydrogens (tertiary/aromatic N) is 2. The van der Waals surface area contributed by atoms with Crippen molar-refractivity contribution in [3.05, 3.63) is 82.5 Å². The van der Waals surface area contributed by atoms with Crippen molar-refractivity contribution in [1.29, 1.82) is 0 Å². The Morgan fingerprint density at radius 3 is 2.57 bits per heavy atom. The van der Waals surface area contributed by atoms with Gasteiger partial charge in [-0.2, -0.15) is 0 Å². The van der Waals surface area contributed by atoms with E-state index in [1.54, 1.807) is 42.5 Å². The summed E-state index contributed by atoms with van der Waals surface area (Å²) in [6.07, 6.45) is 0. The number of carbonyl (C=O) groups excluding carboxylic acids is 2. The maximum atomic E-state index is 12.2. The van der Waals surface area contributed by atoms with E-state index < -0.39 is 5.97 Å². The zero-order valence-electron chi connectivity index (χ0n) is 15.0. The number of hydrogen-bond acceptors (Lipinski definition) is 6. The van der Waals surface area contributed by atoms with Crippen molar-refractivity contribution in [3.63, 3.8) is 0 Å². The van der Waals surface area contributed by atoms with Crippen LogP contribution in [0, 0.1) is 0 Å². The largest absolute Gasteiger partial charge is 0.465 e. The van der Waals surface area contributed by atoms with Gasteiger partial charge in [-0.15, -0.1) is 10.2 Å². The fourth-order valence-corrected chi connectivity index (χ4v) is 2.62. The molecule has 142 valence electrons. The van der Waals surface area contributed by atoms with Gasteiger partial charge in [0, 0.05) is 17.3 Å². The normalized spacial score (nSPS) is 10.2. The van der Waals surface area contributed by atoms with Gasteiger partial charge < -0.3 is 15.4 Å². The highest BCUT2D eigenvalue weighted by Crippen LogP contribution is 2.17. The van der Waals surface area contributed by atoms with Crippen LogP contribution in [0.5, 0.6) is 0 Å². The smallest absolute Gasteiger partial charge is 0.337 e. The summed E-state index contributed by atoms with van der Waals surface area (Å²) in [7, 11) is 1.32. The lowest BCUT2D eigenvalue weighted by Gasteiger charge is -2.08. The predicted octanol–water partition coefficient (Wildman–Crippen LogP) is 3.59. The van der Waals surface area contributed by atoms with Gasteiger partial charge in [-0.25, -0.2) is 4.79 Å². The zero-order chi connectivity index (χ0) is 19.9. The minimum Gasteiger partial charge on any atom is -0.465 e. The molecule has 0 aliphatic heterocycles. The number of carbonyl (C=O) groups is 2. The fourth-order valence-electron chi connectivity index (χ4n) is 2.42. The standard InChI is InChI=1S/C20H17ClN4O3/c1-28-20(27)13-6-4-7-15(11-13)23-18-10-9-17(24-25-18)19(26)22-12-14-5-2-3-8-16(14)21/h2-11H,12H2,1H3,(H,22,26)(H,23,25).